The maximum absolute atomic E-state index is 11.7. The molecule has 2 N–H and O–H groups in total. The molecule has 2 aliphatic rings. The Bertz CT molecular complexity index is 287. The Morgan fingerprint density at radius 3 is 2.17 bits per heavy atom. The van der Waals surface area contributed by atoms with E-state index in [-0.39, 0.29) is 0 Å². The Labute approximate surface area is 110 Å². The molecule has 0 atom stereocenters. The monoisotopic (exact) mass is 253 g/mol. The van der Waals surface area contributed by atoms with Gasteiger partial charge in [0, 0.05) is 6.04 Å². The van der Waals surface area contributed by atoms with Crippen molar-refractivity contribution in [3.63, 3.8) is 0 Å². The zero-order valence-corrected chi connectivity index (χ0v) is 11.7. The van der Waals surface area contributed by atoms with Crippen molar-refractivity contribution in [1.29, 1.82) is 0 Å². The summed E-state index contributed by atoms with van der Waals surface area (Å²) in [5.74, 6) is 0.766. The van der Waals surface area contributed by atoms with Crippen molar-refractivity contribution < 1.29 is 9.90 Å². The molecule has 0 aromatic carbocycles. The molecule has 3 nitrogen and oxygen atoms in total. The molecule has 0 unspecified atom stereocenters. The van der Waals surface area contributed by atoms with E-state index >= 15 is 0 Å². The van der Waals surface area contributed by atoms with Crippen LogP contribution in [-0.2, 0) is 4.79 Å². The van der Waals surface area contributed by atoms with Crippen LogP contribution in [0.4, 0.5) is 0 Å². The molecule has 2 aliphatic carbocycles. The number of carboxylic acids is 1. The summed E-state index contributed by atoms with van der Waals surface area (Å²) in [5, 5.41) is 13.1. The minimum atomic E-state index is -0.628. The van der Waals surface area contributed by atoms with Gasteiger partial charge in [0.25, 0.3) is 0 Å². The summed E-state index contributed by atoms with van der Waals surface area (Å²) < 4.78 is 0. The summed E-state index contributed by atoms with van der Waals surface area (Å²) in [5.41, 5.74) is -0.625. The fourth-order valence-electron chi connectivity index (χ4n) is 3.68. The van der Waals surface area contributed by atoms with Crippen LogP contribution in [0.25, 0.3) is 0 Å². The summed E-state index contributed by atoms with van der Waals surface area (Å²) in [6, 6.07) is 0.441. The number of carboxylic acid groups (broad SMARTS) is 1. The fourth-order valence-corrected chi connectivity index (χ4v) is 3.68. The van der Waals surface area contributed by atoms with Gasteiger partial charge in [-0.1, -0.05) is 26.7 Å². The van der Waals surface area contributed by atoms with Gasteiger partial charge in [-0.3, -0.25) is 10.1 Å². The van der Waals surface area contributed by atoms with E-state index in [1.165, 1.54) is 12.8 Å². The quantitative estimate of drug-likeness (QED) is 0.809. The molecule has 0 saturated heterocycles. The van der Waals surface area contributed by atoms with Crippen LogP contribution in [0.2, 0.25) is 0 Å². The largest absolute Gasteiger partial charge is 0.480 e. The molecule has 0 radical (unpaired) electrons. The van der Waals surface area contributed by atoms with Crippen molar-refractivity contribution in [2.75, 3.05) is 0 Å². The van der Waals surface area contributed by atoms with E-state index < -0.39 is 11.5 Å². The number of rotatable bonds is 4. The minimum absolute atomic E-state index is 0.441. The van der Waals surface area contributed by atoms with Crippen molar-refractivity contribution in [3.05, 3.63) is 0 Å². The third-order valence-corrected chi connectivity index (χ3v) is 5.07. The van der Waals surface area contributed by atoms with Crippen molar-refractivity contribution in [1.82, 2.24) is 5.32 Å². The van der Waals surface area contributed by atoms with Gasteiger partial charge in [-0.25, -0.2) is 0 Å². The highest BCUT2D eigenvalue weighted by Gasteiger charge is 2.43. The molecule has 0 bridgehead atoms. The van der Waals surface area contributed by atoms with Gasteiger partial charge in [0.05, 0.1) is 0 Å². The Morgan fingerprint density at radius 2 is 1.72 bits per heavy atom. The first-order chi connectivity index (χ1) is 8.53. The zero-order chi connectivity index (χ0) is 13.2. The number of hydrogen-bond acceptors (Lipinski definition) is 2. The fraction of sp³-hybridized carbons (Fsp3) is 0.933. The van der Waals surface area contributed by atoms with Crippen LogP contribution in [-0.4, -0.2) is 22.7 Å². The molecule has 0 heterocycles. The SMILES string of the molecule is CC(C)C1CCC(NC2CCCC2)(C(=O)O)CC1. The third-order valence-electron chi connectivity index (χ3n) is 5.07. The standard InChI is InChI=1S/C15H27NO2/c1-11(2)12-7-9-15(10-8-12,14(17)18)16-13-5-3-4-6-13/h11-13,16H,3-10H2,1-2H3,(H,17,18). The van der Waals surface area contributed by atoms with E-state index in [0.29, 0.717) is 17.9 Å². The van der Waals surface area contributed by atoms with Gasteiger partial charge in [0.2, 0.25) is 0 Å². The molecular formula is C15H27NO2. The van der Waals surface area contributed by atoms with Crippen LogP contribution < -0.4 is 5.32 Å². The van der Waals surface area contributed by atoms with Crippen LogP contribution in [0.5, 0.6) is 0 Å². The average molecular weight is 253 g/mol. The van der Waals surface area contributed by atoms with Crippen molar-refractivity contribution >= 4 is 5.97 Å². The normalized spacial score (nSPS) is 34.1. The molecule has 2 rings (SSSR count). The first-order valence-electron chi connectivity index (χ1n) is 7.54. The Kier molecular flexibility index (Phi) is 4.31. The van der Waals surface area contributed by atoms with Gasteiger partial charge in [-0.2, -0.15) is 0 Å². The second-order valence-corrected chi connectivity index (χ2v) is 6.59. The topological polar surface area (TPSA) is 49.3 Å². The van der Waals surface area contributed by atoms with Crippen LogP contribution in [0.1, 0.15) is 65.2 Å². The second kappa shape index (κ2) is 5.60. The molecule has 2 fully saturated rings. The maximum Gasteiger partial charge on any atom is 0.323 e. The Hall–Kier alpha value is -0.570. The van der Waals surface area contributed by atoms with Crippen LogP contribution in [0.15, 0.2) is 0 Å². The smallest absolute Gasteiger partial charge is 0.323 e. The Morgan fingerprint density at radius 1 is 1.17 bits per heavy atom. The maximum atomic E-state index is 11.7. The van der Waals surface area contributed by atoms with E-state index in [4.69, 9.17) is 0 Å². The molecule has 104 valence electrons. The van der Waals surface area contributed by atoms with E-state index in [2.05, 4.69) is 19.2 Å². The van der Waals surface area contributed by atoms with Crippen molar-refractivity contribution in [2.24, 2.45) is 11.8 Å². The first kappa shape index (κ1) is 13.9. The van der Waals surface area contributed by atoms with Gasteiger partial charge in [-0.15, -0.1) is 0 Å². The van der Waals surface area contributed by atoms with Gasteiger partial charge in [0.15, 0.2) is 0 Å². The zero-order valence-electron chi connectivity index (χ0n) is 11.7. The number of aliphatic carboxylic acids is 1. The molecule has 0 aromatic rings. The lowest BCUT2D eigenvalue weighted by atomic mass is 9.72. The van der Waals surface area contributed by atoms with Gasteiger partial charge in [0.1, 0.15) is 5.54 Å². The van der Waals surface area contributed by atoms with Gasteiger partial charge >= 0.3 is 5.97 Å². The van der Waals surface area contributed by atoms with E-state index in [0.717, 1.165) is 38.5 Å². The lowest BCUT2D eigenvalue weighted by Crippen LogP contribution is -2.57. The predicted octanol–water partition coefficient (Wildman–Crippen LogP) is 3.19. The van der Waals surface area contributed by atoms with Crippen LogP contribution in [0, 0.1) is 11.8 Å². The average Bonchev–Trinajstić information content (AvgIpc) is 2.82. The molecule has 0 amide bonds. The summed E-state index contributed by atoms with van der Waals surface area (Å²) in [6.07, 6.45) is 8.55. The lowest BCUT2D eigenvalue weighted by molar-refractivity contribution is -0.147. The lowest BCUT2D eigenvalue weighted by Gasteiger charge is -2.40. The third kappa shape index (κ3) is 2.87. The summed E-state index contributed by atoms with van der Waals surface area (Å²) in [7, 11) is 0. The molecule has 0 spiro atoms. The molecule has 0 aliphatic heterocycles. The van der Waals surface area contributed by atoms with Crippen LogP contribution >= 0.6 is 0 Å². The second-order valence-electron chi connectivity index (χ2n) is 6.59. The minimum Gasteiger partial charge on any atom is -0.480 e. The molecule has 18 heavy (non-hydrogen) atoms. The highest BCUT2D eigenvalue weighted by atomic mass is 16.4. The molecular weight excluding hydrogens is 226 g/mol. The van der Waals surface area contributed by atoms with Gasteiger partial charge in [-0.05, 0) is 50.4 Å². The number of nitrogens with one attached hydrogen (secondary N) is 1. The van der Waals surface area contributed by atoms with Gasteiger partial charge < -0.3 is 5.11 Å². The number of carbonyl (C=O) groups is 1. The number of hydrogen-bond donors (Lipinski definition) is 2. The van der Waals surface area contributed by atoms with E-state index in [1.807, 2.05) is 0 Å². The summed E-state index contributed by atoms with van der Waals surface area (Å²) in [6.45, 7) is 4.51. The summed E-state index contributed by atoms with van der Waals surface area (Å²) in [4.78, 5) is 11.7. The first-order valence-corrected chi connectivity index (χ1v) is 7.54. The molecule has 2 saturated carbocycles. The molecule has 3 heteroatoms. The highest BCUT2D eigenvalue weighted by Crippen LogP contribution is 2.37. The highest BCUT2D eigenvalue weighted by molar-refractivity contribution is 5.79. The summed E-state index contributed by atoms with van der Waals surface area (Å²) >= 11 is 0. The van der Waals surface area contributed by atoms with E-state index in [1.54, 1.807) is 0 Å². The predicted molar refractivity (Wildman–Crippen MR) is 72.6 cm³/mol. The van der Waals surface area contributed by atoms with Crippen molar-refractivity contribution in [2.45, 2.75) is 76.8 Å². The van der Waals surface area contributed by atoms with Crippen LogP contribution in [0.3, 0.4) is 0 Å². The molecule has 0 aromatic heterocycles. The Balaban J connectivity index is 1.98. The van der Waals surface area contributed by atoms with E-state index in [9.17, 15) is 9.90 Å². The van der Waals surface area contributed by atoms with Crippen molar-refractivity contribution in [3.8, 4) is 0 Å².